The van der Waals surface area contributed by atoms with Crippen LogP contribution in [0.1, 0.15) is 54.2 Å². The maximum atomic E-state index is 14.1. The molecule has 1 aliphatic heterocycles. The number of rotatable bonds is 2. The van der Waals surface area contributed by atoms with Crippen LogP contribution < -0.4 is 5.32 Å². The summed E-state index contributed by atoms with van der Waals surface area (Å²) < 4.78 is 29.3. The van der Waals surface area contributed by atoms with Crippen LogP contribution in [0.3, 0.4) is 0 Å². The van der Waals surface area contributed by atoms with Crippen LogP contribution in [0.15, 0.2) is 36.8 Å². The summed E-state index contributed by atoms with van der Waals surface area (Å²) in [5.74, 6) is -0.377. The molecule has 29 heavy (non-hydrogen) atoms. The second-order valence-corrected chi connectivity index (χ2v) is 8.55. The number of alkyl halides is 1. The molecule has 0 spiro atoms. The Morgan fingerprint density at radius 2 is 1.97 bits per heavy atom. The van der Waals surface area contributed by atoms with Crippen molar-refractivity contribution in [1.82, 2.24) is 25.1 Å². The Morgan fingerprint density at radius 1 is 1.14 bits per heavy atom. The van der Waals surface area contributed by atoms with Crippen LogP contribution in [0.2, 0.25) is 0 Å². The summed E-state index contributed by atoms with van der Waals surface area (Å²) in [4.78, 5) is 3.49. The van der Waals surface area contributed by atoms with Crippen molar-refractivity contribution in [2.24, 2.45) is 0 Å². The van der Waals surface area contributed by atoms with E-state index in [0.29, 0.717) is 37.9 Å². The highest BCUT2D eigenvalue weighted by Crippen LogP contribution is 2.48. The van der Waals surface area contributed by atoms with E-state index in [-0.39, 0.29) is 5.92 Å². The highest BCUT2D eigenvalue weighted by molar-refractivity contribution is 6.24. The fourth-order valence-electron chi connectivity index (χ4n) is 4.49. The van der Waals surface area contributed by atoms with Gasteiger partial charge in [0, 0.05) is 18.5 Å². The topological polar surface area (TPSA) is 55.6 Å². The zero-order chi connectivity index (χ0) is 20.0. The summed E-state index contributed by atoms with van der Waals surface area (Å²) in [6, 6.07) is 7.20. The summed E-state index contributed by atoms with van der Waals surface area (Å²) in [6.45, 7) is 1.39. The summed E-state index contributed by atoms with van der Waals surface area (Å²) in [5, 5.41) is 11.5. The van der Waals surface area contributed by atoms with Gasteiger partial charge in [0.2, 0.25) is 0 Å². The van der Waals surface area contributed by atoms with Crippen LogP contribution in [0.25, 0.3) is 5.69 Å². The van der Waals surface area contributed by atoms with Crippen molar-refractivity contribution in [2.45, 2.75) is 49.6 Å². The number of hydrogen-bond donors (Lipinski definition) is 1. The van der Waals surface area contributed by atoms with Crippen molar-refractivity contribution in [1.29, 1.82) is 0 Å². The SMILES string of the molecule is Fc1cnc(C2CCC(Cl)(c3ccc4c(c3)CNCc3nncn3-4)CC2)c(F)c1. The smallest absolute Gasteiger partial charge is 0.151 e. The van der Waals surface area contributed by atoms with E-state index < -0.39 is 16.5 Å². The molecule has 1 aliphatic carbocycles. The summed E-state index contributed by atoms with van der Waals surface area (Å²) in [6.07, 6.45) is 5.66. The molecule has 2 aromatic heterocycles. The van der Waals surface area contributed by atoms with E-state index >= 15 is 0 Å². The van der Waals surface area contributed by atoms with E-state index in [2.05, 4.69) is 38.7 Å². The first-order valence-corrected chi connectivity index (χ1v) is 10.1. The first-order chi connectivity index (χ1) is 14.0. The molecule has 0 radical (unpaired) electrons. The third-order valence-electron chi connectivity index (χ3n) is 6.07. The zero-order valence-electron chi connectivity index (χ0n) is 15.7. The lowest BCUT2D eigenvalue weighted by molar-refractivity contribution is 0.347. The molecule has 1 aromatic carbocycles. The molecule has 3 heterocycles. The van der Waals surface area contributed by atoms with E-state index in [9.17, 15) is 8.78 Å². The number of halogens is 3. The van der Waals surface area contributed by atoms with Gasteiger partial charge >= 0.3 is 0 Å². The molecule has 0 amide bonds. The van der Waals surface area contributed by atoms with Crippen LogP contribution in [0.4, 0.5) is 8.78 Å². The number of aromatic nitrogens is 4. The Balaban J connectivity index is 1.39. The summed E-state index contributed by atoms with van der Waals surface area (Å²) in [5.41, 5.74) is 3.62. The molecule has 0 unspecified atom stereocenters. The van der Waals surface area contributed by atoms with E-state index in [1.165, 1.54) is 0 Å². The standard InChI is InChI=1S/C21H20ClF2N5/c22-21(5-3-13(4-6-21)20-17(24)8-16(23)10-26-20)15-1-2-18-14(7-15)9-25-11-19-28-27-12-29(18)19/h1-2,7-8,10,12-13,25H,3-6,9,11H2. The quantitative estimate of drug-likeness (QED) is 0.633. The molecule has 8 heteroatoms. The van der Waals surface area contributed by atoms with Gasteiger partial charge in [-0.15, -0.1) is 21.8 Å². The Hall–Kier alpha value is -2.38. The van der Waals surface area contributed by atoms with Gasteiger partial charge in [0.05, 0.1) is 29.0 Å². The van der Waals surface area contributed by atoms with Gasteiger partial charge in [-0.1, -0.05) is 12.1 Å². The normalized spacial score (nSPS) is 23.9. The van der Waals surface area contributed by atoms with Gasteiger partial charge in [-0.25, -0.2) is 8.78 Å². The molecule has 1 fully saturated rings. The minimum absolute atomic E-state index is 0.0375. The number of fused-ring (bicyclic) bond motifs is 3. The average molecular weight is 416 g/mol. The van der Waals surface area contributed by atoms with Crippen molar-refractivity contribution in [3.8, 4) is 5.69 Å². The van der Waals surface area contributed by atoms with Crippen LogP contribution in [-0.2, 0) is 18.0 Å². The molecule has 5 rings (SSSR count). The fourth-order valence-corrected chi connectivity index (χ4v) is 4.83. The predicted molar refractivity (Wildman–Crippen MR) is 105 cm³/mol. The highest BCUT2D eigenvalue weighted by atomic mass is 35.5. The van der Waals surface area contributed by atoms with Gasteiger partial charge in [0.15, 0.2) is 5.82 Å². The van der Waals surface area contributed by atoms with E-state index in [1.54, 1.807) is 6.33 Å². The summed E-state index contributed by atoms with van der Waals surface area (Å²) >= 11 is 7.05. The number of benzene rings is 1. The van der Waals surface area contributed by atoms with Gasteiger partial charge in [0.1, 0.15) is 18.0 Å². The summed E-state index contributed by atoms with van der Waals surface area (Å²) in [7, 11) is 0. The fraction of sp³-hybridized carbons (Fsp3) is 0.381. The van der Waals surface area contributed by atoms with Gasteiger partial charge < -0.3 is 5.32 Å². The molecule has 2 aliphatic rings. The van der Waals surface area contributed by atoms with Crippen molar-refractivity contribution in [3.05, 3.63) is 71.1 Å². The predicted octanol–water partition coefficient (Wildman–Crippen LogP) is 4.34. The molecule has 1 saturated carbocycles. The number of nitrogens with one attached hydrogen (secondary N) is 1. The second kappa shape index (κ2) is 7.15. The average Bonchev–Trinajstić information content (AvgIpc) is 3.10. The van der Waals surface area contributed by atoms with Gasteiger partial charge in [0.25, 0.3) is 0 Å². The highest BCUT2D eigenvalue weighted by Gasteiger charge is 2.37. The van der Waals surface area contributed by atoms with Crippen molar-refractivity contribution in [3.63, 3.8) is 0 Å². The largest absolute Gasteiger partial charge is 0.306 e. The van der Waals surface area contributed by atoms with E-state index in [1.807, 2.05) is 4.57 Å². The number of pyridine rings is 1. The lowest BCUT2D eigenvalue weighted by atomic mass is 9.76. The maximum absolute atomic E-state index is 14.1. The Labute approximate surface area is 172 Å². The van der Waals surface area contributed by atoms with Gasteiger partial charge in [-0.2, -0.15) is 0 Å². The van der Waals surface area contributed by atoms with E-state index in [0.717, 1.165) is 41.4 Å². The minimum Gasteiger partial charge on any atom is -0.306 e. The lowest BCUT2D eigenvalue weighted by Gasteiger charge is -2.36. The number of hydrogen-bond acceptors (Lipinski definition) is 4. The monoisotopic (exact) mass is 415 g/mol. The molecule has 0 bridgehead atoms. The molecule has 0 atom stereocenters. The molecule has 1 N–H and O–H groups in total. The van der Waals surface area contributed by atoms with Crippen LogP contribution in [0, 0.1) is 11.6 Å². The lowest BCUT2D eigenvalue weighted by Crippen LogP contribution is -2.26. The van der Waals surface area contributed by atoms with Gasteiger partial charge in [-0.05, 0) is 42.9 Å². The molecule has 3 aromatic rings. The van der Waals surface area contributed by atoms with Crippen LogP contribution >= 0.6 is 11.6 Å². The zero-order valence-corrected chi connectivity index (χ0v) is 16.5. The van der Waals surface area contributed by atoms with E-state index in [4.69, 9.17) is 11.6 Å². The number of nitrogens with zero attached hydrogens (tertiary/aromatic N) is 4. The second-order valence-electron chi connectivity index (χ2n) is 7.82. The van der Waals surface area contributed by atoms with Crippen LogP contribution in [0.5, 0.6) is 0 Å². The third-order valence-corrected chi connectivity index (χ3v) is 6.67. The minimum atomic E-state index is -0.649. The molecule has 0 saturated heterocycles. The Kier molecular flexibility index (Phi) is 4.59. The molecule has 150 valence electrons. The molecule has 5 nitrogen and oxygen atoms in total. The van der Waals surface area contributed by atoms with Crippen molar-refractivity contribution < 1.29 is 8.78 Å². The Bertz CT molecular complexity index is 1060. The first kappa shape index (κ1) is 18.6. The maximum Gasteiger partial charge on any atom is 0.151 e. The molecular formula is C21H20ClF2N5. The third kappa shape index (κ3) is 3.32. The Morgan fingerprint density at radius 3 is 2.76 bits per heavy atom. The first-order valence-electron chi connectivity index (χ1n) is 9.77. The van der Waals surface area contributed by atoms with Crippen molar-refractivity contribution in [2.75, 3.05) is 0 Å². The van der Waals surface area contributed by atoms with Crippen molar-refractivity contribution >= 4 is 11.6 Å². The molecular weight excluding hydrogens is 396 g/mol. The van der Waals surface area contributed by atoms with Crippen LogP contribution in [-0.4, -0.2) is 19.7 Å². The van der Waals surface area contributed by atoms with Gasteiger partial charge in [-0.3, -0.25) is 9.55 Å².